The SMILES string of the molecule is O=C(O)Cc1ccc2c(c1)Cc1ccccc1CC2=O. The van der Waals surface area contributed by atoms with Crippen LogP contribution >= 0.6 is 0 Å². The third-order valence-corrected chi connectivity index (χ3v) is 3.68. The van der Waals surface area contributed by atoms with Crippen LogP contribution in [0.15, 0.2) is 42.5 Å². The van der Waals surface area contributed by atoms with Crippen molar-refractivity contribution < 1.29 is 14.7 Å². The highest BCUT2D eigenvalue weighted by atomic mass is 16.4. The first-order valence-corrected chi connectivity index (χ1v) is 6.57. The smallest absolute Gasteiger partial charge is 0.307 e. The first-order chi connectivity index (χ1) is 9.63. The topological polar surface area (TPSA) is 54.4 Å². The van der Waals surface area contributed by atoms with Gasteiger partial charge in [-0.05, 0) is 28.7 Å². The molecule has 2 aromatic carbocycles. The molecule has 0 aliphatic heterocycles. The highest BCUT2D eigenvalue weighted by molar-refractivity contribution is 6.00. The maximum absolute atomic E-state index is 12.3. The Morgan fingerprint density at radius 2 is 1.70 bits per heavy atom. The Morgan fingerprint density at radius 3 is 2.40 bits per heavy atom. The molecule has 3 heteroatoms. The van der Waals surface area contributed by atoms with E-state index in [9.17, 15) is 9.59 Å². The lowest BCUT2D eigenvalue weighted by Gasteiger charge is -2.07. The standard InChI is InChI=1S/C17H14O3/c18-16-10-13-4-2-1-3-12(13)9-14-7-11(8-17(19)20)5-6-15(14)16/h1-7H,8-10H2,(H,19,20). The zero-order valence-corrected chi connectivity index (χ0v) is 10.9. The molecule has 0 heterocycles. The molecule has 1 aliphatic carbocycles. The first kappa shape index (κ1) is 12.6. The number of hydrogen-bond acceptors (Lipinski definition) is 2. The van der Waals surface area contributed by atoms with Gasteiger partial charge in [0.2, 0.25) is 0 Å². The number of carbonyl (C=O) groups is 2. The van der Waals surface area contributed by atoms with Crippen molar-refractivity contribution in [2.45, 2.75) is 19.3 Å². The lowest BCUT2D eigenvalue weighted by molar-refractivity contribution is -0.136. The van der Waals surface area contributed by atoms with Crippen LogP contribution in [0, 0.1) is 0 Å². The van der Waals surface area contributed by atoms with Gasteiger partial charge in [-0.15, -0.1) is 0 Å². The Balaban J connectivity index is 2.06. The monoisotopic (exact) mass is 266 g/mol. The zero-order valence-electron chi connectivity index (χ0n) is 10.9. The molecule has 0 spiro atoms. The summed E-state index contributed by atoms with van der Waals surface area (Å²) in [7, 11) is 0. The highest BCUT2D eigenvalue weighted by Crippen LogP contribution is 2.25. The molecule has 0 atom stereocenters. The summed E-state index contributed by atoms with van der Waals surface area (Å²) < 4.78 is 0. The number of Topliss-reactive ketones (excluding diaryl/α,β-unsaturated/α-hetero) is 1. The Kier molecular flexibility index (Phi) is 3.11. The maximum Gasteiger partial charge on any atom is 0.307 e. The van der Waals surface area contributed by atoms with Gasteiger partial charge in [0.15, 0.2) is 5.78 Å². The van der Waals surface area contributed by atoms with E-state index in [1.165, 1.54) is 0 Å². The van der Waals surface area contributed by atoms with E-state index in [0.29, 0.717) is 12.8 Å². The fraction of sp³-hybridized carbons (Fsp3) is 0.176. The van der Waals surface area contributed by atoms with Gasteiger partial charge in [-0.25, -0.2) is 0 Å². The highest BCUT2D eigenvalue weighted by Gasteiger charge is 2.19. The average molecular weight is 266 g/mol. The molecule has 3 nitrogen and oxygen atoms in total. The zero-order chi connectivity index (χ0) is 14.1. The summed E-state index contributed by atoms with van der Waals surface area (Å²) in [6, 6.07) is 13.3. The molecule has 0 unspecified atom stereocenters. The summed E-state index contributed by atoms with van der Waals surface area (Å²) in [6.45, 7) is 0. The minimum Gasteiger partial charge on any atom is -0.481 e. The maximum atomic E-state index is 12.3. The summed E-state index contributed by atoms with van der Waals surface area (Å²) in [5.41, 5.74) is 4.60. The van der Waals surface area contributed by atoms with Crippen molar-refractivity contribution in [1.29, 1.82) is 0 Å². The molecule has 0 radical (unpaired) electrons. The first-order valence-electron chi connectivity index (χ1n) is 6.57. The van der Waals surface area contributed by atoms with Gasteiger partial charge >= 0.3 is 5.97 Å². The molecule has 1 N–H and O–H groups in total. The number of ketones is 1. The fourth-order valence-electron chi connectivity index (χ4n) is 2.73. The van der Waals surface area contributed by atoms with E-state index in [0.717, 1.165) is 27.8 Å². The summed E-state index contributed by atoms with van der Waals surface area (Å²) >= 11 is 0. The van der Waals surface area contributed by atoms with E-state index < -0.39 is 5.97 Å². The van der Waals surface area contributed by atoms with Crippen molar-refractivity contribution in [3.63, 3.8) is 0 Å². The van der Waals surface area contributed by atoms with Gasteiger partial charge in [-0.1, -0.05) is 42.5 Å². The van der Waals surface area contributed by atoms with Crippen LogP contribution in [0.2, 0.25) is 0 Å². The van der Waals surface area contributed by atoms with E-state index in [1.54, 1.807) is 12.1 Å². The number of rotatable bonds is 2. The van der Waals surface area contributed by atoms with Crippen LogP contribution in [0.5, 0.6) is 0 Å². The molecule has 1 aliphatic rings. The Labute approximate surface area is 116 Å². The van der Waals surface area contributed by atoms with Gasteiger partial charge in [0.05, 0.1) is 6.42 Å². The number of hydrogen-bond donors (Lipinski definition) is 1. The predicted octanol–water partition coefficient (Wildman–Crippen LogP) is 2.64. The minimum absolute atomic E-state index is 0.0108. The molecule has 0 aromatic heterocycles. The van der Waals surface area contributed by atoms with Crippen LogP contribution < -0.4 is 0 Å². The van der Waals surface area contributed by atoms with Crippen molar-refractivity contribution in [2.24, 2.45) is 0 Å². The normalized spacial score (nSPS) is 13.3. The molecular formula is C17H14O3. The summed E-state index contributed by atoms with van der Waals surface area (Å²) in [4.78, 5) is 23.1. The van der Waals surface area contributed by atoms with Gasteiger partial charge in [0.1, 0.15) is 0 Å². The van der Waals surface area contributed by atoms with Crippen LogP contribution in [-0.2, 0) is 24.1 Å². The van der Waals surface area contributed by atoms with E-state index in [-0.39, 0.29) is 12.2 Å². The molecule has 0 saturated heterocycles. The predicted molar refractivity (Wildman–Crippen MR) is 75.1 cm³/mol. The molecule has 0 bridgehead atoms. The molecule has 0 saturated carbocycles. The van der Waals surface area contributed by atoms with Crippen molar-refractivity contribution in [1.82, 2.24) is 0 Å². The molecule has 20 heavy (non-hydrogen) atoms. The second-order valence-electron chi connectivity index (χ2n) is 5.11. The van der Waals surface area contributed by atoms with Gasteiger partial charge in [-0.3, -0.25) is 9.59 Å². The molecule has 0 fully saturated rings. The van der Waals surface area contributed by atoms with E-state index in [4.69, 9.17) is 5.11 Å². The Bertz CT molecular complexity index is 701. The fourth-order valence-corrected chi connectivity index (χ4v) is 2.73. The third kappa shape index (κ3) is 2.35. The van der Waals surface area contributed by atoms with Crippen LogP contribution in [0.1, 0.15) is 32.6 Å². The van der Waals surface area contributed by atoms with Crippen LogP contribution in [-0.4, -0.2) is 16.9 Å². The molecule has 100 valence electrons. The second-order valence-corrected chi connectivity index (χ2v) is 5.11. The Hall–Kier alpha value is -2.42. The van der Waals surface area contributed by atoms with Gasteiger partial charge in [-0.2, -0.15) is 0 Å². The van der Waals surface area contributed by atoms with Crippen molar-refractivity contribution in [3.05, 3.63) is 70.3 Å². The van der Waals surface area contributed by atoms with E-state index in [2.05, 4.69) is 0 Å². The van der Waals surface area contributed by atoms with Crippen molar-refractivity contribution in [3.8, 4) is 0 Å². The number of benzene rings is 2. The summed E-state index contributed by atoms with van der Waals surface area (Å²) in [6.07, 6.45) is 1.09. The lowest BCUT2D eigenvalue weighted by Crippen LogP contribution is -2.06. The van der Waals surface area contributed by atoms with Crippen LogP contribution in [0.4, 0.5) is 0 Å². The Morgan fingerprint density at radius 1 is 1.00 bits per heavy atom. The van der Waals surface area contributed by atoms with Crippen LogP contribution in [0.3, 0.4) is 0 Å². The van der Waals surface area contributed by atoms with E-state index in [1.807, 2.05) is 30.3 Å². The van der Waals surface area contributed by atoms with Gasteiger partial charge in [0, 0.05) is 12.0 Å². The van der Waals surface area contributed by atoms with E-state index >= 15 is 0 Å². The second kappa shape index (κ2) is 4.93. The number of fused-ring (bicyclic) bond motifs is 2. The number of carboxylic acids is 1. The van der Waals surface area contributed by atoms with Gasteiger partial charge < -0.3 is 5.11 Å². The number of carboxylic acid groups (broad SMARTS) is 1. The summed E-state index contributed by atoms with van der Waals surface area (Å²) in [5, 5.41) is 8.87. The lowest BCUT2D eigenvalue weighted by atomic mass is 9.97. The molecular weight excluding hydrogens is 252 g/mol. The third-order valence-electron chi connectivity index (χ3n) is 3.68. The number of carbonyl (C=O) groups excluding carboxylic acids is 1. The average Bonchev–Trinajstić information content (AvgIpc) is 2.53. The van der Waals surface area contributed by atoms with Crippen LogP contribution in [0.25, 0.3) is 0 Å². The molecule has 2 aromatic rings. The summed E-state index contributed by atoms with van der Waals surface area (Å²) in [5.74, 6) is -0.753. The van der Waals surface area contributed by atoms with Crippen molar-refractivity contribution in [2.75, 3.05) is 0 Å². The van der Waals surface area contributed by atoms with Crippen molar-refractivity contribution >= 4 is 11.8 Å². The largest absolute Gasteiger partial charge is 0.481 e. The number of aliphatic carboxylic acids is 1. The quantitative estimate of drug-likeness (QED) is 0.909. The molecule has 3 rings (SSSR count). The molecule has 0 amide bonds. The van der Waals surface area contributed by atoms with Gasteiger partial charge in [0.25, 0.3) is 0 Å². The minimum atomic E-state index is -0.856.